The monoisotopic (exact) mass is 1070 g/mol. The summed E-state index contributed by atoms with van der Waals surface area (Å²) in [7, 11) is 0. The van der Waals surface area contributed by atoms with Crippen LogP contribution in [-0.2, 0) is 12.8 Å². The quantitative estimate of drug-likeness (QED) is 0.0801. The molecule has 0 fully saturated rings. The summed E-state index contributed by atoms with van der Waals surface area (Å²) in [6, 6.07) is 19.2. The Morgan fingerprint density at radius 3 is 1.21 bits per heavy atom. The number of hydrogen-bond donors (Lipinski definition) is 0. The van der Waals surface area contributed by atoms with Crippen molar-refractivity contribution < 1.29 is 0 Å². The fraction of sp³-hybridized carbons (Fsp3) is 0.478. The molecule has 0 aliphatic carbocycles. The van der Waals surface area contributed by atoms with Crippen LogP contribution in [0.25, 0.3) is 61.1 Å². The number of unbranched alkanes of at least 4 members (excludes halogenated alkanes) is 2. The van der Waals surface area contributed by atoms with Crippen LogP contribution in [-0.4, -0.2) is 46.7 Å². The molecule has 6 heterocycles. The molecule has 2 atom stereocenters. The molecule has 0 spiro atoms. The Morgan fingerprint density at radius 1 is 0.482 bits per heavy atom. The second-order valence-corrected chi connectivity index (χ2v) is 55.1. The summed E-state index contributed by atoms with van der Waals surface area (Å²) in [5, 5.41) is 2.32. The maximum atomic E-state index is 5.69. The zero-order chi connectivity index (χ0) is 39.8. The van der Waals surface area contributed by atoms with Gasteiger partial charge in [0.2, 0.25) is 0 Å². The van der Waals surface area contributed by atoms with E-state index in [1.807, 2.05) is 68.0 Å². The number of fused-ring (bicyclic) bond motifs is 2. The van der Waals surface area contributed by atoms with Crippen molar-refractivity contribution in [3.63, 3.8) is 0 Å². The second kappa shape index (κ2) is 18.6. The number of benzene rings is 1. The van der Waals surface area contributed by atoms with Gasteiger partial charge in [-0.3, -0.25) is 0 Å². The standard InChI is InChI=1S/C40H42N2S6.6CH3.2Sn/c1-5-9-13-25(7-3)23-27-17-19-31(45-27)39-41-35-33(29-15-11-21-43-29)38-36(34(37(35)47-39)30-16-12-22-44-30)42-40(48-38)32-20-18-28(46-32)24-26(8-4)14-10-6-2;;;;;;;;/h11-12,15-20,25-26H,5-10,13-14,23-24H2,1-4H3;6*1H3;;. The van der Waals surface area contributed by atoms with Gasteiger partial charge in [-0.2, -0.15) is 0 Å². The number of hydrogen-bond acceptors (Lipinski definition) is 8. The van der Waals surface area contributed by atoms with Crippen LogP contribution >= 0.6 is 68.0 Å². The first-order valence-corrected chi connectivity index (χ1v) is 45.8. The molecule has 10 heteroatoms. The summed E-state index contributed by atoms with van der Waals surface area (Å²) >= 11 is 7.21. The number of thiazole rings is 2. The van der Waals surface area contributed by atoms with Gasteiger partial charge in [-0.05, 0) is 0 Å². The van der Waals surface area contributed by atoms with Crippen molar-refractivity contribution >= 4 is 131 Å². The van der Waals surface area contributed by atoms with E-state index in [-0.39, 0.29) is 0 Å². The maximum absolute atomic E-state index is 5.69. The predicted molar refractivity (Wildman–Crippen MR) is 266 cm³/mol. The summed E-state index contributed by atoms with van der Waals surface area (Å²) in [5.41, 5.74) is 4.97. The van der Waals surface area contributed by atoms with Gasteiger partial charge in [0.15, 0.2) is 0 Å². The molecule has 6 aromatic heterocycles. The van der Waals surface area contributed by atoms with E-state index in [1.54, 1.807) is 5.79 Å². The van der Waals surface area contributed by atoms with Crippen LogP contribution in [0.15, 0.2) is 48.5 Å². The van der Waals surface area contributed by atoms with Crippen molar-refractivity contribution in [2.24, 2.45) is 11.8 Å². The molecule has 2 nitrogen and oxygen atoms in total. The first-order chi connectivity index (χ1) is 26.8. The Balaban J connectivity index is 1.42. The van der Waals surface area contributed by atoms with Crippen molar-refractivity contribution in [2.45, 2.75) is 122 Å². The van der Waals surface area contributed by atoms with E-state index in [2.05, 4.69) is 106 Å². The van der Waals surface area contributed by atoms with Crippen LogP contribution in [0.4, 0.5) is 0 Å². The van der Waals surface area contributed by atoms with Crippen molar-refractivity contribution in [3.8, 4) is 40.7 Å². The molecule has 2 unspecified atom stereocenters. The molecule has 0 aliphatic heterocycles. The average molecular weight is 1070 g/mol. The van der Waals surface area contributed by atoms with Gasteiger partial charge < -0.3 is 0 Å². The Hall–Kier alpha value is -0.603. The minimum atomic E-state index is -2.31. The zero-order valence-corrected chi connectivity index (χ0v) is 45.8. The molecule has 7 rings (SSSR count). The van der Waals surface area contributed by atoms with Crippen molar-refractivity contribution in [2.75, 3.05) is 0 Å². The van der Waals surface area contributed by atoms with Crippen molar-refractivity contribution in [1.82, 2.24) is 9.97 Å². The third-order valence-corrected chi connectivity index (χ3v) is 37.1. The summed E-state index contributed by atoms with van der Waals surface area (Å²) in [5.74, 6) is 1.52. The summed E-state index contributed by atoms with van der Waals surface area (Å²) in [6.07, 6.45) is 12.7. The van der Waals surface area contributed by atoms with Gasteiger partial charge in [0, 0.05) is 0 Å². The minimum absolute atomic E-state index is 0.762. The van der Waals surface area contributed by atoms with E-state index < -0.39 is 36.8 Å². The molecule has 0 bridgehead atoms. The van der Waals surface area contributed by atoms with Gasteiger partial charge >= 0.3 is 294 Å². The molecule has 0 radical (unpaired) electrons. The van der Waals surface area contributed by atoms with Gasteiger partial charge in [-0.1, -0.05) is 79.1 Å². The molecule has 0 amide bonds. The van der Waals surface area contributed by atoms with E-state index in [1.165, 1.54) is 125 Å². The van der Waals surface area contributed by atoms with Crippen LogP contribution in [0.2, 0.25) is 29.6 Å². The van der Waals surface area contributed by atoms with Gasteiger partial charge in [0.05, 0.1) is 0 Å². The fourth-order valence-corrected chi connectivity index (χ4v) is 25.0. The SMILES string of the molecule is CCCCC(CC)Cc1ccc(-c2nc3c(-c4cc[c]([Sn]([CH3])([CH3])[CH3])s4)c4sc(-c5ccc(CC(CC)CCCC)s5)nc4c(-c4cc[c]([Sn]([CH3])([CH3])[CH3])s4)c3s2)s1. The molecule has 0 N–H and O–H groups in total. The van der Waals surface area contributed by atoms with Crippen LogP contribution in [0.1, 0.15) is 88.8 Å². The molecule has 0 aliphatic rings. The third kappa shape index (κ3) is 9.63. The zero-order valence-electron chi connectivity index (χ0n) is 35.2. The van der Waals surface area contributed by atoms with Crippen LogP contribution < -0.4 is 5.79 Å². The van der Waals surface area contributed by atoms with E-state index >= 15 is 0 Å². The summed E-state index contributed by atoms with van der Waals surface area (Å²) < 4.78 is 5.86. The average Bonchev–Trinajstić information content (AvgIpc) is 4.00. The van der Waals surface area contributed by atoms with E-state index in [0.29, 0.717) is 0 Å². The molecule has 56 heavy (non-hydrogen) atoms. The molecule has 7 aromatic rings. The Kier molecular flexibility index (Phi) is 14.4. The topological polar surface area (TPSA) is 25.8 Å². The normalized spacial score (nSPS) is 13.8. The predicted octanol–water partition coefficient (Wildman–Crippen LogP) is 16.4. The molecule has 1 aromatic carbocycles. The van der Waals surface area contributed by atoms with Crippen molar-refractivity contribution in [1.29, 1.82) is 0 Å². The Morgan fingerprint density at radius 2 is 0.875 bits per heavy atom. The molecular weight excluding hydrogens is 1010 g/mol. The number of nitrogens with zero attached hydrogens (tertiary/aromatic N) is 2. The molecular formula is C46H60N2S6Sn2. The second-order valence-electron chi connectivity index (χ2n) is 17.7. The van der Waals surface area contributed by atoms with Crippen LogP contribution in [0.5, 0.6) is 0 Å². The fourth-order valence-electron chi connectivity index (χ4n) is 7.61. The van der Waals surface area contributed by atoms with Crippen molar-refractivity contribution in [3.05, 3.63) is 58.3 Å². The number of rotatable bonds is 18. The van der Waals surface area contributed by atoms with E-state index in [0.717, 1.165) is 21.9 Å². The summed E-state index contributed by atoms with van der Waals surface area (Å²) in [4.78, 5) is 35.0. The first-order valence-electron chi connectivity index (χ1n) is 21.0. The first kappa shape index (κ1) is 43.5. The van der Waals surface area contributed by atoms with Crippen LogP contribution in [0.3, 0.4) is 0 Å². The Labute approximate surface area is 369 Å². The molecule has 0 saturated heterocycles. The molecule has 0 saturated carbocycles. The molecule has 298 valence electrons. The van der Waals surface area contributed by atoms with Crippen LogP contribution in [0, 0.1) is 11.8 Å². The Bertz CT molecular complexity index is 2170. The van der Waals surface area contributed by atoms with E-state index in [4.69, 9.17) is 9.97 Å². The third-order valence-electron chi connectivity index (χ3n) is 11.2. The van der Waals surface area contributed by atoms with Gasteiger partial charge in [0.25, 0.3) is 0 Å². The summed E-state index contributed by atoms with van der Waals surface area (Å²) in [6.45, 7) is 9.36. The number of thiophene rings is 4. The van der Waals surface area contributed by atoms with Gasteiger partial charge in [-0.15, -0.1) is 0 Å². The van der Waals surface area contributed by atoms with Gasteiger partial charge in [-0.25, -0.2) is 0 Å². The van der Waals surface area contributed by atoms with Gasteiger partial charge in [0.1, 0.15) is 0 Å². The van der Waals surface area contributed by atoms with E-state index in [9.17, 15) is 0 Å². The number of aromatic nitrogens is 2.